The normalized spacial score (nSPS) is 25.2. The van der Waals surface area contributed by atoms with Gasteiger partial charge in [-0.25, -0.2) is 0 Å². The number of rotatable bonds is 3. The van der Waals surface area contributed by atoms with Gasteiger partial charge in [0.2, 0.25) is 5.91 Å². The maximum absolute atomic E-state index is 11.2. The molecule has 3 heteroatoms. The average molecular weight is 238 g/mol. The summed E-state index contributed by atoms with van der Waals surface area (Å²) in [5.74, 6) is 1.12. The molecule has 0 spiro atoms. The molecule has 0 aromatic carbocycles. The molecule has 1 saturated carbocycles. The van der Waals surface area contributed by atoms with Crippen molar-refractivity contribution in [1.29, 1.82) is 0 Å². The molecule has 1 amide bonds. The second-order valence-corrected chi connectivity index (χ2v) is 5.78. The van der Waals surface area contributed by atoms with Crippen LogP contribution in [0.15, 0.2) is 0 Å². The van der Waals surface area contributed by atoms with Gasteiger partial charge < -0.3 is 10.2 Å². The topological polar surface area (TPSA) is 32.3 Å². The molecule has 0 radical (unpaired) electrons. The number of piperidine rings is 1. The Balaban J connectivity index is 1.72. The number of nitrogens with one attached hydrogen (secondary N) is 1. The second kappa shape index (κ2) is 5.85. The first kappa shape index (κ1) is 12.9. The fourth-order valence-electron chi connectivity index (χ4n) is 3.33. The van der Waals surface area contributed by atoms with Gasteiger partial charge in [-0.15, -0.1) is 0 Å². The molecule has 1 heterocycles. The molecule has 2 fully saturated rings. The van der Waals surface area contributed by atoms with Crippen LogP contribution in [-0.4, -0.2) is 36.0 Å². The van der Waals surface area contributed by atoms with Crippen molar-refractivity contribution in [3.8, 4) is 0 Å². The fraction of sp³-hybridized carbons (Fsp3) is 0.929. The zero-order valence-corrected chi connectivity index (χ0v) is 11.2. The number of nitrogens with zero attached hydrogens (tertiary/aromatic N) is 1. The minimum atomic E-state index is 0.229. The minimum Gasteiger partial charge on any atom is -0.343 e. The summed E-state index contributed by atoms with van der Waals surface area (Å²) in [6.07, 6.45) is 7.88. The summed E-state index contributed by atoms with van der Waals surface area (Å²) in [5.41, 5.74) is 0. The van der Waals surface area contributed by atoms with Gasteiger partial charge in [-0.05, 0) is 38.5 Å². The molecular weight excluding hydrogens is 212 g/mol. The van der Waals surface area contributed by atoms with Crippen LogP contribution in [0.4, 0.5) is 0 Å². The molecule has 1 aliphatic carbocycles. The van der Waals surface area contributed by atoms with E-state index < -0.39 is 0 Å². The van der Waals surface area contributed by atoms with Crippen molar-refractivity contribution >= 4 is 5.91 Å². The summed E-state index contributed by atoms with van der Waals surface area (Å²) in [7, 11) is 0. The van der Waals surface area contributed by atoms with E-state index in [1.165, 1.54) is 25.7 Å². The van der Waals surface area contributed by atoms with Gasteiger partial charge in [-0.3, -0.25) is 4.79 Å². The molecule has 98 valence electrons. The van der Waals surface area contributed by atoms with Gasteiger partial charge in [0.1, 0.15) is 0 Å². The Morgan fingerprint density at radius 3 is 2.29 bits per heavy atom. The van der Waals surface area contributed by atoms with E-state index in [1.807, 2.05) is 4.90 Å². The van der Waals surface area contributed by atoms with E-state index in [0.717, 1.165) is 31.8 Å². The van der Waals surface area contributed by atoms with E-state index in [2.05, 4.69) is 12.2 Å². The van der Waals surface area contributed by atoms with Crippen LogP contribution in [0.2, 0.25) is 0 Å². The highest BCUT2D eigenvalue weighted by Gasteiger charge is 2.26. The predicted octanol–water partition coefficient (Wildman–Crippen LogP) is 2.17. The molecule has 0 bridgehead atoms. The summed E-state index contributed by atoms with van der Waals surface area (Å²) in [6.45, 7) is 5.89. The van der Waals surface area contributed by atoms with Crippen LogP contribution in [0.3, 0.4) is 0 Å². The molecule has 1 N–H and O–H groups in total. The number of hydrogen-bond donors (Lipinski definition) is 1. The number of likely N-dealkylation sites (tertiary alicyclic amines) is 1. The number of carbonyl (C=O) groups is 1. The fourth-order valence-corrected chi connectivity index (χ4v) is 3.33. The van der Waals surface area contributed by atoms with Crippen molar-refractivity contribution in [3.63, 3.8) is 0 Å². The van der Waals surface area contributed by atoms with Gasteiger partial charge in [-0.2, -0.15) is 0 Å². The van der Waals surface area contributed by atoms with E-state index in [-0.39, 0.29) is 5.91 Å². The van der Waals surface area contributed by atoms with Crippen LogP contribution in [0.5, 0.6) is 0 Å². The van der Waals surface area contributed by atoms with Crippen LogP contribution in [0.1, 0.15) is 52.4 Å². The van der Waals surface area contributed by atoms with Gasteiger partial charge in [-0.1, -0.05) is 12.8 Å². The molecule has 2 aliphatic rings. The van der Waals surface area contributed by atoms with Gasteiger partial charge in [0, 0.05) is 32.1 Å². The highest BCUT2D eigenvalue weighted by atomic mass is 16.2. The molecule has 1 saturated heterocycles. The van der Waals surface area contributed by atoms with Crippen molar-refractivity contribution in [3.05, 3.63) is 0 Å². The Morgan fingerprint density at radius 2 is 1.76 bits per heavy atom. The van der Waals surface area contributed by atoms with Crippen LogP contribution in [-0.2, 0) is 4.79 Å². The van der Waals surface area contributed by atoms with E-state index in [0.29, 0.717) is 12.1 Å². The molecular formula is C14H26N2O. The third-order valence-corrected chi connectivity index (χ3v) is 4.55. The highest BCUT2D eigenvalue weighted by molar-refractivity contribution is 5.73. The third-order valence-electron chi connectivity index (χ3n) is 4.55. The van der Waals surface area contributed by atoms with Crippen molar-refractivity contribution < 1.29 is 4.79 Å². The summed E-state index contributed by atoms with van der Waals surface area (Å²) >= 11 is 0. The quantitative estimate of drug-likeness (QED) is 0.817. The van der Waals surface area contributed by atoms with Crippen molar-refractivity contribution in [2.75, 3.05) is 13.1 Å². The summed E-state index contributed by atoms with van der Waals surface area (Å²) in [5, 5.41) is 3.78. The zero-order valence-electron chi connectivity index (χ0n) is 11.2. The maximum Gasteiger partial charge on any atom is 0.219 e. The summed E-state index contributed by atoms with van der Waals surface area (Å²) in [6, 6.07) is 1.28. The summed E-state index contributed by atoms with van der Waals surface area (Å²) < 4.78 is 0. The molecule has 17 heavy (non-hydrogen) atoms. The van der Waals surface area contributed by atoms with Gasteiger partial charge >= 0.3 is 0 Å². The van der Waals surface area contributed by atoms with Crippen LogP contribution < -0.4 is 5.32 Å². The first-order chi connectivity index (χ1) is 8.16. The maximum atomic E-state index is 11.2. The van der Waals surface area contributed by atoms with Crippen molar-refractivity contribution in [1.82, 2.24) is 10.2 Å². The predicted molar refractivity (Wildman–Crippen MR) is 69.8 cm³/mol. The Bertz CT molecular complexity index is 253. The largest absolute Gasteiger partial charge is 0.343 e. The number of hydrogen-bond acceptors (Lipinski definition) is 2. The first-order valence-corrected chi connectivity index (χ1v) is 7.18. The lowest BCUT2D eigenvalue weighted by molar-refractivity contribution is -0.129. The summed E-state index contributed by atoms with van der Waals surface area (Å²) in [4.78, 5) is 13.2. The van der Waals surface area contributed by atoms with Gasteiger partial charge in [0.25, 0.3) is 0 Å². The molecule has 3 nitrogen and oxygen atoms in total. The highest BCUT2D eigenvalue weighted by Crippen LogP contribution is 2.28. The zero-order chi connectivity index (χ0) is 12.3. The molecule has 1 aliphatic heterocycles. The van der Waals surface area contributed by atoms with Crippen LogP contribution in [0, 0.1) is 5.92 Å². The SMILES string of the molecule is CC(=O)N1CCC(NC(C)C2CCCC2)CC1. The molecule has 2 rings (SSSR count). The monoisotopic (exact) mass is 238 g/mol. The van der Waals surface area contributed by atoms with Crippen molar-refractivity contribution in [2.24, 2.45) is 5.92 Å². The van der Waals surface area contributed by atoms with Crippen LogP contribution in [0.25, 0.3) is 0 Å². The Hall–Kier alpha value is -0.570. The average Bonchev–Trinajstić information content (AvgIpc) is 2.83. The number of carbonyl (C=O) groups excluding carboxylic acids is 1. The van der Waals surface area contributed by atoms with Gasteiger partial charge in [0.05, 0.1) is 0 Å². The van der Waals surface area contributed by atoms with E-state index in [4.69, 9.17) is 0 Å². The smallest absolute Gasteiger partial charge is 0.219 e. The third kappa shape index (κ3) is 3.44. The Morgan fingerprint density at radius 1 is 1.18 bits per heavy atom. The Kier molecular flexibility index (Phi) is 4.43. The van der Waals surface area contributed by atoms with E-state index in [9.17, 15) is 4.79 Å². The minimum absolute atomic E-state index is 0.229. The molecule has 0 aromatic heterocycles. The van der Waals surface area contributed by atoms with E-state index in [1.54, 1.807) is 6.92 Å². The first-order valence-electron chi connectivity index (χ1n) is 7.18. The number of amides is 1. The lowest BCUT2D eigenvalue weighted by atomic mass is 9.96. The lowest BCUT2D eigenvalue weighted by Crippen LogP contribution is -2.48. The molecule has 1 atom stereocenters. The van der Waals surface area contributed by atoms with Crippen LogP contribution >= 0.6 is 0 Å². The van der Waals surface area contributed by atoms with E-state index >= 15 is 0 Å². The molecule has 0 aromatic rings. The van der Waals surface area contributed by atoms with Gasteiger partial charge in [0.15, 0.2) is 0 Å². The van der Waals surface area contributed by atoms with Crippen molar-refractivity contribution in [2.45, 2.75) is 64.5 Å². The second-order valence-electron chi connectivity index (χ2n) is 5.78. The molecule has 1 unspecified atom stereocenters. The Labute approximate surface area is 105 Å². The standard InChI is InChI=1S/C14H26N2O/c1-11(13-5-3-4-6-13)15-14-7-9-16(10-8-14)12(2)17/h11,13-15H,3-10H2,1-2H3. The lowest BCUT2D eigenvalue weighted by Gasteiger charge is -2.34.